The van der Waals surface area contributed by atoms with Crippen LogP contribution in [0, 0.1) is 0 Å². The molecule has 0 bridgehead atoms. The third-order valence-corrected chi connectivity index (χ3v) is 3.26. The standard InChI is InChI=1S/C13H8F8N2O/c14-11(15,13(19,20)21)5-6-1-2-9-7(3-6)8(12(16,17)18)4-10(24)23(9)22/h1-4H,5,22H2. The molecule has 2 N–H and O–H groups in total. The van der Waals surface area contributed by atoms with Crippen molar-refractivity contribution in [2.24, 2.45) is 0 Å². The van der Waals surface area contributed by atoms with Crippen LogP contribution < -0.4 is 11.4 Å². The van der Waals surface area contributed by atoms with Gasteiger partial charge in [0.2, 0.25) is 0 Å². The average Bonchev–Trinajstić information content (AvgIpc) is 2.39. The molecule has 0 aliphatic carbocycles. The lowest BCUT2D eigenvalue weighted by molar-refractivity contribution is -0.281. The minimum absolute atomic E-state index is 0.147. The maximum atomic E-state index is 13.1. The van der Waals surface area contributed by atoms with Crippen molar-refractivity contribution < 1.29 is 35.1 Å². The topological polar surface area (TPSA) is 48.0 Å². The molecule has 0 aliphatic heterocycles. The average molecular weight is 360 g/mol. The number of nitrogens with zero attached hydrogens (tertiary/aromatic N) is 1. The SMILES string of the molecule is Nn1c(=O)cc(C(F)(F)F)c2cc(CC(F)(F)C(F)(F)F)ccc21. The molecule has 0 aliphatic rings. The number of aromatic nitrogens is 1. The molecule has 0 unspecified atom stereocenters. The van der Waals surface area contributed by atoms with Gasteiger partial charge in [0.15, 0.2) is 0 Å². The van der Waals surface area contributed by atoms with Gasteiger partial charge >= 0.3 is 18.3 Å². The number of hydrogen-bond acceptors (Lipinski definition) is 2. The van der Waals surface area contributed by atoms with Crippen LogP contribution in [0.25, 0.3) is 10.9 Å². The Labute approximate surface area is 128 Å². The molecule has 24 heavy (non-hydrogen) atoms. The van der Waals surface area contributed by atoms with Gasteiger partial charge in [-0.1, -0.05) is 6.07 Å². The summed E-state index contributed by atoms with van der Waals surface area (Å²) in [4.78, 5) is 11.4. The van der Waals surface area contributed by atoms with E-state index in [9.17, 15) is 39.9 Å². The zero-order valence-electron chi connectivity index (χ0n) is 11.5. The second-order valence-electron chi connectivity index (χ2n) is 4.99. The highest BCUT2D eigenvalue weighted by Crippen LogP contribution is 2.39. The van der Waals surface area contributed by atoms with E-state index in [1.54, 1.807) is 0 Å². The van der Waals surface area contributed by atoms with E-state index in [1.165, 1.54) is 0 Å². The number of pyridine rings is 1. The van der Waals surface area contributed by atoms with Gasteiger partial charge in [-0.25, -0.2) is 4.68 Å². The first-order valence-electron chi connectivity index (χ1n) is 6.19. The fourth-order valence-electron chi connectivity index (χ4n) is 2.10. The first-order chi connectivity index (χ1) is 10.7. The Morgan fingerprint density at radius 3 is 2.04 bits per heavy atom. The number of benzene rings is 1. The molecule has 1 aromatic carbocycles. The molecule has 0 saturated heterocycles. The van der Waals surface area contributed by atoms with Crippen molar-refractivity contribution in [3.8, 4) is 0 Å². The fourth-order valence-corrected chi connectivity index (χ4v) is 2.10. The Hall–Kier alpha value is -2.33. The fraction of sp³-hybridized carbons (Fsp3) is 0.308. The van der Waals surface area contributed by atoms with E-state index in [0.29, 0.717) is 10.7 Å². The van der Waals surface area contributed by atoms with Crippen molar-refractivity contribution in [1.29, 1.82) is 0 Å². The summed E-state index contributed by atoms with van der Waals surface area (Å²) in [5.74, 6) is 0.171. The number of hydrogen-bond donors (Lipinski definition) is 1. The zero-order chi connectivity index (χ0) is 18.5. The Bertz CT molecular complexity index is 835. The summed E-state index contributed by atoms with van der Waals surface area (Å²) >= 11 is 0. The van der Waals surface area contributed by atoms with Gasteiger partial charge in [0, 0.05) is 17.9 Å². The van der Waals surface area contributed by atoms with Gasteiger partial charge < -0.3 is 5.84 Å². The maximum absolute atomic E-state index is 13.1. The highest BCUT2D eigenvalue weighted by Gasteiger charge is 2.57. The number of fused-ring (bicyclic) bond motifs is 1. The lowest BCUT2D eigenvalue weighted by Crippen LogP contribution is -2.38. The molecule has 132 valence electrons. The van der Waals surface area contributed by atoms with E-state index in [1.807, 2.05) is 0 Å². The first-order valence-corrected chi connectivity index (χ1v) is 6.19. The number of alkyl halides is 8. The summed E-state index contributed by atoms with van der Waals surface area (Å²) in [6.07, 6.45) is -12.7. The van der Waals surface area contributed by atoms with Gasteiger partial charge in [-0.3, -0.25) is 4.79 Å². The minimum Gasteiger partial charge on any atom is -0.336 e. The normalized spacial score (nSPS) is 13.5. The quantitative estimate of drug-likeness (QED) is 0.659. The molecule has 1 aromatic heterocycles. The summed E-state index contributed by atoms with van der Waals surface area (Å²) in [6.45, 7) is 0. The Balaban J connectivity index is 2.67. The number of nitrogens with two attached hydrogens (primary N) is 1. The molecule has 2 rings (SSSR count). The molecule has 0 spiro atoms. The number of rotatable bonds is 2. The molecule has 11 heteroatoms. The van der Waals surface area contributed by atoms with Crippen LogP contribution in [0.4, 0.5) is 35.1 Å². The van der Waals surface area contributed by atoms with Gasteiger partial charge in [-0.2, -0.15) is 35.1 Å². The molecular weight excluding hydrogens is 352 g/mol. The second-order valence-corrected chi connectivity index (χ2v) is 4.99. The smallest absolute Gasteiger partial charge is 0.336 e. The van der Waals surface area contributed by atoms with Crippen molar-refractivity contribution in [3.05, 3.63) is 45.7 Å². The van der Waals surface area contributed by atoms with Crippen molar-refractivity contribution in [3.63, 3.8) is 0 Å². The molecule has 0 radical (unpaired) electrons. The third-order valence-electron chi connectivity index (χ3n) is 3.26. The van der Waals surface area contributed by atoms with Crippen molar-refractivity contribution in [2.45, 2.75) is 24.7 Å². The second kappa shape index (κ2) is 5.35. The van der Waals surface area contributed by atoms with Crippen LogP contribution in [0.1, 0.15) is 11.1 Å². The van der Waals surface area contributed by atoms with E-state index in [-0.39, 0.29) is 6.07 Å². The van der Waals surface area contributed by atoms with E-state index < -0.39 is 52.3 Å². The van der Waals surface area contributed by atoms with Crippen LogP contribution in [0.2, 0.25) is 0 Å². The molecule has 0 saturated carbocycles. The highest BCUT2D eigenvalue weighted by atomic mass is 19.4. The van der Waals surface area contributed by atoms with E-state index >= 15 is 0 Å². The monoisotopic (exact) mass is 360 g/mol. The molecule has 2 aromatic rings. The predicted octanol–water partition coefficient (Wildman–Crippen LogP) is 3.47. The summed E-state index contributed by atoms with van der Waals surface area (Å²) in [5, 5.41) is -0.750. The van der Waals surface area contributed by atoms with Crippen LogP contribution in [-0.2, 0) is 12.6 Å². The van der Waals surface area contributed by atoms with Crippen LogP contribution in [-0.4, -0.2) is 16.8 Å². The summed E-state index contributed by atoms with van der Waals surface area (Å²) in [6, 6.07) is 2.20. The van der Waals surface area contributed by atoms with Crippen LogP contribution in [0.3, 0.4) is 0 Å². The summed E-state index contributed by atoms with van der Waals surface area (Å²) in [5.41, 5.74) is -3.81. The molecule has 1 heterocycles. The summed E-state index contributed by atoms with van der Waals surface area (Å²) < 4.78 is 102. The predicted molar refractivity (Wildman–Crippen MR) is 68.1 cm³/mol. The Morgan fingerprint density at radius 2 is 1.54 bits per heavy atom. The first kappa shape index (κ1) is 18.0. The van der Waals surface area contributed by atoms with Gasteiger partial charge in [-0.15, -0.1) is 0 Å². The summed E-state index contributed by atoms with van der Waals surface area (Å²) in [7, 11) is 0. The van der Waals surface area contributed by atoms with Gasteiger partial charge in [0.05, 0.1) is 11.1 Å². The Morgan fingerprint density at radius 1 is 0.958 bits per heavy atom. The lowest BCUT2D eigenvalue weighted by atomic mass is 10.0. The molecule has 3 nitrogen and oxygen atoms in total. The number of halogens is 8. The molecular formula is C13H8F8N2O. The van der Waals surface area contributed by atoms with E-state index in [2.05, 4.69) is 0 Å². The molecule has 0 amide bonds. The van der Waals surface area contributed by atoms with Gasteiger partial charge in [0.1, 0.15) is 0 Å². The zero-order valence-corrected chi connectivity index (χ0v) is 11.5. The van der Waals surface area contributed by atoms with E-state index in [0.717, 1.165) is 12.1 Å². The van der Waals surface area contributed by atoms with Crippen molar-refractivity contribution >= 4 is 10.9 Å². The molecule has 0 fully saturated rings. The largest absolute Gasteiger partial charge is 0.453 e. The van der Waals surface area contributed by atoms with Gasteiger partial charge in [0.25, 0.3) is 5.56 Å². The van der Waals surface area contributed by atoms with Gasteiger partial charge in [-0.05, 0) is 17.7 Å². The Kier molecular flexibility index (Phi) is 4.01. The molecule has 0 atom stereocenters. The van der Waals surface area contributed by atoms with Crippen LogP contribution in [0.5, 0.6) is 0 Å². The minimum atomic E-state index is -5.85. The van der Waals surface area contributed by atoms with Crippen molar-refractivity contribution in [2.75, 3.05) is 5.84 Å². The number of nitrogen functional groups attached to an aromatic ring is 1. The van der Waals surface area contributed by atoms with E-state index in [4.69, 9.17) is 5.84 Å². The van der Waals surface area contributed by atoms with Crippen molar-refractivity contribution in [1.82, 2.24) is 4.68 Å². The highest BCUT2D eigenvalue weighted by molar-refractivity contribution is 5.84. The van der Waals surface area contributed by atoms with Crippen LogP contribution >= 0.6 is 0 Å². The van der Waals surface area contributed by atoms with Crippen LogP contribution in [0.15, 0.2) is 29.1 Å². The maximum Gasteiger partial charge on any atom is 0.453 e. The lowest BCUT2D eigenvalue weighted by Gasteiger charge is -2.20. The third kappa shape index (κ3) is 3.15.